The van der Waals surface area contributed by atoms with Crippen LogP contribution in [-0.2, 0) is 0 Å². The van der Waals surface area contributed by atoms with E-state index in [2.05, 4.69) is 12.6 Å². The van der Waals surface area contributed by atoms with E-state index in [4.69, 9.17) is 0 Å². The van der Waals surface area contributed by atoms with Crippen LogP contribution in [0.15, 0.2) is 11.0 Å². The Morgan fingerprint density at radius 1 is 1.36 bits per heavy atom. The van der Waals surface area contributed by atoms with Crippen LogP contribution >= 0.6 is 12.6 Å². The number of rotatable bonds is 0. The molecule has 0 heterocycles. The Morgan fingerprint density at radius 2 is 1.91 bits per heavy atom. The van der Waals surface area contributed by atoms with E-state index >= 15 is 0 Å². The van der Waals surface area contributed by atoms with Gasteiger partial charge in [-0.2, -0.15) is 0 Å². The van der Waals surface area contributed by atoms with Gasteiger partial charge in [-0.15, -0.1) is 0 Å². The average Bonchev–Trinajstić information content (AvgIpc) is 1.97. The van der Waals surface area contributed by atoms with Gasteiger partial charge in [-0.1, -0.05) is 0 Å². The van der Waals surface area contributed by atoms with Crippen molar-refractivity contribution in [2.75, 3.05) is 0 Å². The molecule has 2 nitrogen and oxygen atoms in total. The van der Waals surface area contributed by atoms with Crippen molar-refractivity contribution in [3.05, 3.63) is 11.6 Å². The van der Waals surface area contributed by atoms with Gasteiger partial charge in [0.1, 0.15) is 0 Å². The molecule has 0 aromatic heterocycles. The Labute approximate surface area is 89.3 Å². The van der Waals surface area contributed by atoms with Crippen LogP contribution in [0.25, 0.3) is 0 Å². The third-order valence-electron chi connectivity index (χ3n) is 1.50. The Balaban J connectivity index is 3.46. The van der Waals surface area contributed by atoms with Crippen molar-refractivity contribution in [3.8, 4) is 11.5 Å². The molecule has 0 aliphatic heterocycles. The van der Waals surface area contributed by atoms with Crippen molar-refractivity contribution in [1.29, 1.82) is 0 Å². The van der Waals surface area contributed by atoms with Gasteiger partial charge in [0.2, 0.25) is 0 Å². The third-order valence-corrected chi connectivity index (χ3v) is 3.55. The van der Waals surface area contributed by atoms with Crippen LogP contribution in [0.2, 0.25) is 0 Å². The van der Waals surface area contributed by atoms with E-state index in [1.165, 1.54) is 0 Å². The number of thiol groups is 1. The second-order valence-electron chi connectivity index (χ2n) is 2.27. The zero-order chi connectivity index (χ0) is 8.59. The first-order chi connectivity index (χ1) is 5.04. The van der Waals surface area contributed by atoms with E-state index in [0.717, 1.165) is 7.49 Å². The number of phenols is 2. The Morgan fingerprint density at radius 3 is 2.45 bits per heavy atom. The predicted molar refractivity (Wildman–Crippen MR) is 41.4 cm³/mol. The van der Waals surface area contributed by atoms with Crippen LogP contribution in [0, 0.1) is 36.3 Å². The third kappa shape index (κ3) is 1.69. The molecule has 1 rings (SSSR count). The summed E-state index contributed by atoms with van der Waals surface area (Å²) in [5, 5.41) is 18.6. The van der Waals surface area contributed by atoms with E-state index in [1.54, 1.807) is 13.0 Å². The quantitative estimate of drug-likeness (QED) is 0.453. The first-order valence-electron chi connectivity index (χ1n) is 3.00. The number of benzene rings is 1. The maximum absolute atomic E-state index is 9.30. The Kier molecular flexibility index (Phi) is 2.80. The second kappa shape index (κ2) is 3.30. The van der Waals surface area contributed by atoms with Gasteiger partial charge in [-0.05, 0) is 0 Å². The molecule has 11 heavy (non-hydrogen) atoms. The molecule has 57 valence electrons. The summed E-state index contributed by atoms with van der Waals surface area (Å²) in [7, 11) is 0. The number of hydrogen-bond donors (Lipinski definition) is 3. The zero-order valence-electron chi connectivity index (χ0n) is 5.92. The minimum atomic E-state index is -0.0320. The fourth-order valence-electron chi connectivity index (χ4n) is 0.740. The topological polar surface area (TPSA) is 40.5 Å². The van der Waals surface area contributed by atoms with E-state index in [0.29, 0.717) is 35.0 Å². The summed E-state index contributed by atoms with van der Waals surface area (Å²) in [6.07, 6.45) is 0. The first-order valence-corrected chi connectivity index (χ1v) is 5.53. The molecule has 0 saturated carbocycles. The van der Waals surface area contributed by atoms with Gasteiger partial charge >= 0.3 is 89.8 Å². The van der Waals surface area contributed by atoms with Gasteiger partial charge in [-0.25, -0.2) is 0 Å². The molecule has 0 unspecified atom stereocenters. The van der Waals surface area contributed by atoms with Crippen molar-refractivity contribution in [2.45, 2.75) is 11.8 Å². The van der Waals surface area contributed by atoms with Crippen LogP contribution in [0.4, 0.5) is 0 Å². The van der Waals surface area contributed by atoms with Gasteiger partial charge in [0.15, 0.2) is 0 Å². The molecule has 0 spiro atoms. The molecule has 1 aromatic carbocycles. The summed E-state index contributed by atoms with van der Waals surface area (Å²) < 4.78 is 0.805. The normalized spacial score (nSPS) is 10.2. The van der Waals surface area contributed by atoms with Crippen LogP contribution < -0.4 is 2.60 Å². The molecule has 0 bridgehead atoms. The summed E-state index contributed by atoms with van der Waals surface area (Å²) in [5.41, 5.74) is 0.635. The van der Waals surface area contributed by atoms with E-state index in [9.17, 15) is 10.2 Å². The van der Waals surface area contributed by atoms with Crippen LogP contribution in [-0.4, -0.2) is 10.2 Å². The Hall–Kier alpha value is 0.222. The van der Waals surface area contributed by atoms with Gasteiger partial charge in [0.05, 0.1) is 0 Å². The summed E-state index contributed by atoms with van der Waals surface area (Å²) in [4.78, 5) is 0.734. The predicted octanol–water partition coefficient (Wildman–Crippen LogP) is 0.870. The molecular formula is C7H7O2SU. The standard InChI is InChI=1S/C7H7O2S.U/c1-4-6(10)3-2-5(8)7(4)9;/h3,8-10H,1H3;. The summed E-state index contributed by atoms with van der Waals surface area (Å²) >= 11 is 4.64. The zero-order valence-corrected chi connectivity index (χ0v) is 11.0. The molecule has 4 heteroatoms. The molecule has 0 saturated heterocycles. The molecule has 0 radical (unpaired) electrons. The van der Waals surface area contributed by atoms with Crippen molar-refractivity contribution in [3.63, 3.8) is 0 Å². The number of phenolic OH excluding ortho intramolecular Hbond substituents is 2. The van der Waals surface area contributed by atoms with Gasteiger partial charge in [0.25, 0.3) is 0 Å². The molecule has 0 amide bonds. The second-order valence-corrected chi connectivity index (χ2v) is 4.99. The van der Waals surface area contributed by atoms with Crippen LogP contribution in [0.1, 0.15) is 5.56 Å². The molecule has 2 N–H and O–H groups in total. The Bertz CT molecular complexity index is 273. The van der Waals surface area contributed by atoms with Crippen LogP contribution in [0.5, 0.6) is 11.5 Å². The van der Waals surface area contributed by atoms with Crippen molar-refractivity contribution < 1.29 is 39.6 Å². The fraction of sp³-hybridized carbons (Fsp3) is 0.143. The molecule has 0 aliphatic carbocycles. The SMILES string of the molecule is Cc1c(S)c[c]([U])c(O)c1O. The van der Waals surface area contributed by atoms with Gasteiger partial charge in [0, 0.05) is 0 Å². The molecule has 0 aliphatic rings. The van der Waals surface area contributed by atoms with Crippen molar-refractivity contribution >= 4 is 15.2 Å². The van der Waals surface area contributed by atoms with Gasteiger partial charge < -0.3 is 0 Å². The first kappa shape index (κ1) is 9.31. The molecular weight excluding hydrogens is 386 g/mol. The summed E-state index contributed by atoms with van der Waals surface area (Å²) in [6.45, 7) is 1.72. The molecule has 1 aromatic rings. The molecule has 0 fully saturated rings. The summed E-state index contributed by atoms with van der Waals surface area (Å²) in [5.74, 6) is -0.0124. The monoisotopic (exact) mass is 393 g/mol. The molecule has 0 atom stereocenters. The fourth-order valence-corrected chi connectivity index (χ4v) is 2.57. The van der Waals surface area contributed by atoms with E-state index in [1.807, 2.05) is 0 Å². The number of hydrogen-bond acceptors (Lipinski definition) is 3. The van der Waals surface area contributed by atoms with E-state index in [-0.39, 0.29) is 11.5 Å². The number of aromatic hydroxyl groups is 2. The summed E-state index contributed by atoms with van der Waals surface area (Å²) in [6, 6.07) is 1.79. The van der Waals surface area contributed by atoms with Crippen molar-refractivity contribution in [2.24, 2.45) is 0 Å². The van der Waals surface area contributed by atoms with E-state index < -0.39 is 0 Å². The van der Waals surface area contributed by atoms with Gasteiger partial charge in [-0.3, -0.25) is 0 Å². The average molecular weight is 393 g/mol. The van der Waals surface area contributed by atoms with Crippen LogP contribution in [0.3, 0.4) is 0 Å². The minimum absolute atomic E-state index is 0.0196. The van der Waals surface area contributed by atoms with Crippen molar-refractivity contribution in [1.82, 2.24) is 0 Å². The maximum atomic E-state index is 9.30.